The lowest BCUT2D eigenvalue weighted by atomic mass is 10.1. The Morgan fingerprint density at radius 2 is 1.96 bits per heavy atom. The van der Waals surface area contributed by atoms with Crippen LogP contribution in [0.5, 0.6) is 0 Å². The van der Waals surface area contributed by atoms with E-state index in [2.05, 4.69) is 14.7 Å². The summed E-state index contributed by atoms with van der Waals surface area (Å²) in [5.41, 5.74) is 6.34. The van der Waals surface area contributed by atoms with E-state index in [-0.39, 0.29) is 21.4 Å². The molecule has 8 nitrogen and oxygen atoms in total. The minimum atomic E-state index is -3.63. The van der Waals surface area contributed by atoms with Gasteiger partial charge in [0, 0.05) is 34.8 Å². The van der Waals surface area contributed by atoms with E-state index in [0.717, 1.165) is 0 Å². The van der Waals surface area contributed by atoms with Crippen molar-refractivity contribution < 1.29 is 8.42 Å². The van der Waals surface area contributed by atoms with Crippen LogP contribution in [-0.4, -0.2) is 30.0 Å². The van der Waals surface area contributed by atoms with E-state index in [0.29, 0.717) is 22.2 Å². The second-order valence-electron chi connectivity index (χ2n) is 5.28. The molecule has 3 rings (SSSR count). The molecule has 0 aliphatic rings. The molecule has 0 unspecified atom stereocenters. The van der Waals surface area contributed by atoms with Gasteiger partial charge in [0.1, 0.15) is 5.65 Å². The summed E-state index contributed by atoms with van der Waals surface area (Å²) in [5, 5.41) is 0.749. The molecule has 2 heterocycles. The topological polar surface area (TPSA) is 120 Å². The Hall–Kier alpha value is -2.49. The molecule has 0 fully saturated rings. The monoisotopic (exact) mass is 379 g/mol. The number of anilines is 1. The van der Waals surface area contributed by atoms with Crippen LogP contribution in [0, 0.1) is 0 Å². The van der Waals surface area contributed by atoms with Gasteiger partial charge in [-0.2, -0.15) is 4.98 Å². The molecule has 0 spiro atoms. The second kappa shape index (κ2) is 6.10. The number of nitrogens with one attached hydrogen (secondary N) is 1. The summed E-state index contributed by atoms with van der Waals surface area (Å²) in [7, 11) is -0.758. The van der Waals surface area contributed by atoms with E-state index >= 15 is 0 Å². The molecule has 0 saturated heterocycles. The standard InChI is InChI=1S/C15H14ClN5O3S/c1-18-25(23,24)9-3-4-10(12(16)6-9)11-5-8-7-19-15(17)20-13(8)21(2)14(11)22/h3-7,18H,1-2H3,(H2,17,19,20). The van der Waals surface area contributed by atoms with Crippen molar-refractivity contribution in [1.29, 1.82) is 0 Å². The maximum absolute atomic E-state index is 12.7. The van der Waals surface area contributed by atoms with Crippen molar-refractivity contribution in [2.75, 3.05) is 12.8 Å². The van der Waals surface area contributed by atoms with Gasteiger partial charge in [0.25, 0.3) is 5.56 Å². The van der Waals surface area contributed by atoms with E-state index in [4.69, 9.17) is 17.3 Å². The van der Waals surface area contributed by atoms with Crippen molar-refractivity contribution in [2.45, 2.75) is 4.90 Å². The van der Waals surface area contributed by atoms with Crippen LogP contribution in [0.1, 0.15) is 0 Å². The molecule has 0 atom stereocenters. The molecule has 25 heavy (non-hydrogen) atoms. The third kappa shape index (κ3) is 2.97. The number of hydrogen-bond acceptors (Lipinski definition) is 6. The number of fused-ring (bicyclic) bond motifs is 1. The molecule has 130 valence electrons. The smallest absolute Gasteiger partial charge is 0.259 e. The van der Waals surface area contributed by atoms with E-state index in [1.165, 1.54) is 36.0 Å². The zero-order valence-electron chi connectivity index (χ0n) is 13.3. The highest BCUT2D eigenvalue weighted by atomic mass is 35.5. The lowest BCUT2D eigenvalue weighted by Gasteiger charge is -2.11. The molecule has 0 aliphatic carbocycles. The number of rotatable bonds is 3. The highest BCUT2D eigenvalue weighted by Crippen LogP contribution is 2.29. The predicted octanol–water partition coefficient (Wildman–Crippen LogP) is 1.14. The SMILES string of the molecule is CNS(=O)(=O)c1ccc(-c2cc3cnc(N)nc3n(C)c2=O)c(Cl)c1. The molecular formula is C15H14ClN5O3S. The van der Waals surface area contributed by atoms with Crippen LogP contribution < -0.4 is 16.0 Å². The number of aryl methyl sites for hydroxylation is 1. The fourth-order valence-electron chi connectivity index (χ4n) is 2.45. The number of nitrogen functional groups attached to an aromatic ring is 1. The number of aromatic nitrogens is 3. The Kier molecular flexibility index (Phi) is 4.23. The number of hydrogen-bond donors (Lipinski definition) is 2. The molecule has 0 saturated carbocycles. The Bertz CT molecular complexity index is 1160. The Balaban J connectivity index is 2.25. The van der Waals surface area contributed by atoms with Crippen molar-refractivity contribution in [3.8, 4) is 11.1 Å². The molecule has 1 aromatic carbocycles. The van der Waals surface area contributed by atoms with Crippen molar-refractivity contribution in [3.63, 3.8) is 0 Å². The summed E-state index contributed by atoms with van der Waals surface area (Å²) in [6, 6.07) is 5.78. The first-order valence-corrected chi connectivity index (χ1v) is 8.96. The number of sulfonamides is 1. The van der Waals surface area contributed by atoms with Crippen LogP contribution in [-0.2, 0) is 17.1 Å². The van der Waals surface area contributed by atoms with Gasteiger partial charge in [0.15, 0.2) is 0 Å². The Morgan fingerprint density at radius 3 is 2.60 bits per heavy atom. The van der Waals surface area contributed by atoms with Crippen LogP contribution in [0.15, 0.2) is 40.2 Å². The van der Waals surface area contributed by atoms with E-state index < -0.39 is 10.0 Å². The molecule has 0 radical (unpaired) electrons. The molecule has 0 amide bonds. The van der Waals surface area contributed by atoms with Crippen molar-refractivity contribution >= 4 is 38.6 Å². The number of nitrogens with zero attached hydrogens (tertiary/aromatic N) is 3. The molecule has 10 heteroatoms. The summed E-state index contributed by atoms with van der Waals surface area (Å²) in [4.78, 5) is 20.7. The Labute approximate surface area is 148 Å². The van der Waals surface area contributed by atoms with Gasteiger partial charge < -0.3 is 5.73 Å². The fourth-order valence-corrected chi connectivity index (χ4v) is 3.56. The van der Waals surface area contributed by atoms with Gasteiger partial charge in [-0.15, -0.1) is 0 Å². The van der Waals surface area contributed by atoms with Gasteiger partial charge in [-0.05, 0) is 25.2 Å². The summed E-state index contributed by atoms with van der Waals surface area (Å²) >= 11 is 6.24. The molecule has 3 aromatic rings. The van der Waals surface area contributed by atoms with E-state index in [9.17, 15) is 13.2 Å². The van der Waals surface area contributed by atoms with Crippen LogP contribution in [0.4, 0.5) is 5.95 Å². The summed E-state index contributed by atoms with van der Waals surface area (Å²) in [6.07, 6.45) is 1.51. The second-order valence-corrected chi connectivity index (χ2v) is 7.57. The normalized spacial score (nSPS) is 11.8. The number of pyridine rings is 1. The molecule has 3 N–H and O–H groups in total. The van der Waals surface area contributed by atoms with Crippen LogP contribution in [0.25, 0.3) is 22.2 Å². The summed E-state index contributed by atoms with van der Waals surface area (Å²) in [6.45, 7) is 0. The molecular weight excluding hydrogens is 366 g/mol. The highest BCUT2D eigenvalue weighted by Gasteiger charge is 2.17. The van der Waals surface area contributed by atoms with Crippen molar-refractivity contribution in [1.82, 2.24) is 19.3 Å². The minimum absolute atomic E-state index is 0.0115. The van der Waals surface area contributed by atoms with Gasteiger partial charge in [-0.3, -0.25) is 9.36 Å². The highest BCUT2D eigenvalue weighted by molar-refractivity contribution is 7.89. The van der Waals surface area contributed by atoms with Crippen molar-refractivity contribution in [2.24, 2.45) is 7.05 Å². The zero-order chi connectivity index (χ0) is 18.4. The first-order chi connectivity index (χ1) is 11.7. The van der Waals surface area contributed by atoms with Crippen LogP contribution >= 0.6 is 11.6 Å². The Morgan fingerprint density at radius 1 is 1.24 bits per heavy atom. The molecule has 2 aromatic heterocycles. The third-order valence-corrected chi connectivity index (χ3v) is 5.50. The minimum Gasteiger partial charge on any atom is -0.368 e. The lowest BCUT2D eigenvalue weighted by Crippen LogP contribution is -2.21. The van der Waals surface area contributed by atoms with Gasteiger partial charge in [-0.25, -0.2) is 18.1 Å². The van der Waals surface area contributed by atoms with Crippen LogP contribution in [0.3, 0.4) is 0 Å². The molecule has 0 aliphatic heterocycles. The van der Waals surface area contributed by atoms with Crippen molar-refractivity contribution in [3.05, 3.63) is 45.8 Å². The van der Waals surface area contributed by atoms with Gasteiger partial charge in [-0.1, -0.05) is 17.7 Å². The molecule has 0 bridgehead atoms. The first kappa shape index (κ1) is 17.3. The average molecular weight is 380 g/mol. The van der Waals surface area contributed by atoms with Gasteiger partial charge in [0.05, 0.1) is 4.90 Å². The average Bonchev–Trinajstić information content (AvgIpc) is 2.59. The third-order valence-electron chi connectivity index (χ3n) is 3.78. The van der Waals surface area contributed by atoms with E-state index in [1.54, 1.807) is 13.1 Å². The lowest BCUT2D eigenvalue weighted by molar-refractivity contribution is 0.588. The van der Waals surface area contributed by atoms with Gasteiger partial charge in [0.2, 0.25) is 16.0 Å². The first-order valence-electron chi connectivity index (χ1n) is 7.10. The maximum atomic E-state index is 12.7. The number of benzene rings is 1. The quantitative estimate of drug-likeness (QED) is 0.704. The summed E-state index contributed by atoms with van der Waals surface area (Å²) < 4.78 is 27.3. The number of nitrogens with two attached hydrogens (primary N) is 1. The fraction of sp³-hybridized carbons (Fsp3) is 0.133. The maximum Gasteiger partial charge on any atom is 0.259 e. The van der Waals surface area contributed by atoms with Gasteiger partial charge >= 0.3 is 0 Å². The predicted molar refractivity (Wildman–Crippen MR) is 95.9 cm³/mol. The zero-order valence-corrected chi connectivity index (χ0v) is 14.9. The summed E-state index contributed by atoms with van der Waals surface area (Å²) in [5.74, 6) is 0.0647. The number of halogens is 1. The van der Waals surface area contributed by atoms with E-state index in [1.807, 2.05) is 0 Å². The largest absolute Gasteiger partial charge is 0.368 e. The van der Waals surface area contributed by atoms with Crippen LogP contribution in [0.2, 0.25) is 5.02 Å².